The number of rotatable bonds is 11. The Balaban J connectivity index is 1.44. The normalized spacial score (nSPS) is 10.9. The lowest BCUT2D eigenvalue weighted by molar-refractivity contribution is -0.137. The molecule has 0 unspecified atom stereocenters. The van der Waals surface area contributed by atoms with Gasteiger partial charge in [0.25, 0.3) is 11.8 Å². The smallest absolute Gasteiger partial charge is 0.305 e. The fourth-order valence-electron chi connectivity index (χ4n) is 5.25. The molecule has 0 aliphatic carbocycles. The predicted octanol–water partition coefficient (Wildman–Crippen LogP) is 6.27. The van der Waals surface area contributed by atoms with E-state index in [-0.39, 0.29) is 24.8 Å². The number of nitrogens with zero attached hydrogens (tertiary/aromatic N) is 2. The van der Waals surface area contributed by atoms with Crippen molar-refractivity contribution >= 4 is 28.7 Å². The Morgan fingerprint density at radius 3 is 2.00 bits per heavy atom. The van der Waals surface area contributed by atoms with Gasteiger partial charge in [-0.1, -0.05) is 84.9 Å². The van der Waals surface area contributed by atoms with Gasteiger partial charge >= 0.3 is 5.97 Å². The van der Waals surface area contributed by atoms with E-state index < -0.39 is 5.97 Å². The fraction of sp³-hybridized carbons (Fsp3) is 0.171. The van der Waals surface area contributed by atoms with Crippen LogP contribution in [0, 0.1) is 0 Å². The summed E-state index contributed by atoms with van der Waals surface area (Å²) >= 11 is 0. The van der Waals surface area contributed by atoms with Crippen molar-refractivity contribution in [3.05, 3.63) is 132 Å². The van der Waals surface area contributed by atoms with Crippen LogP contribution in [-0.2, 0) is 17.8 Å². The highest BCUT2D eigenvalue weighted by molar-refractivity contribution is 6.06. The highest BCUT2D eigenvalue weighted by Crippen LogP contribution is 2.29. The third-order valence-corrected chi connectivity index (χ3v) is 7.42. The fourth-order valence-corrected chi connectivity index (χ4v) is 5.25. The van der Waals surface area contributed by atoms with E-state index in [9.17, 15) is 19.5 Å². The molecule has 0 aliphatic rings. The molecule has 7 nitrogen and oxygen atoms in total. The summed E-state index contributed by atoms with van der Waals surface area (Å²) in [6, 6.07) is 32.3. The number of hydrogen-bond acceptors (Lipinski definition) is 3. The molecule has 5 aromatic rings. The number of aromatic amines is 1. The van der Waals surface area contributed by atoms with Gasteiger partial charge in [0, 0.05) is 54.9 Å². The zero-order chi connectivity index (χ0) is 29.5. The number of amides is 2. The monoisotopic (exact) mass is 559 g/mol. The molecule has 0 saturated carbocycles. The number of benzene rings is 4. The van der Waals surface area contributed by atoms with E-state index in [0.29, 0.717) is 41.8 Å². The summed E-state index contributed by atoms with van der Waals surface area (Å²) in [5.41, 5.74) is 5.29. The Hall–Kier alpha value is -5.17. The lowest BCUT2D eigenvalue weighted by Crippen LogP contribution is -2.35. The minimum Gasteiger partial charge on any atom is -0.481 e. The average Bonchev–Trinajstić information content (AvgIpc) is 3.44. The molecule has 0 bridgehead atoms. The maximum absolute atomic E-state index is 14.1. The van der Waals surface area contributed by atoms with Gasteiger partial charge in [0.2, 0.25) is 0 Å². The van der Waals surface area contributed by atoms with Gasteiger partial charge in [-0.2, -0.15) is 0 Å². The number of carboxylic acid groups (broad SMARTS) is 1. The van der Waals surface area contributed by atoms with Gasteiger partial charge in [0.05, 0.1) is 6.42 Å². The molecule has 0 aliphatic heterocycles. The highest BCUT2D eigenvalue weighted by atomic mass is 16.4. The number of aromatic nitrogens is 1. The van der Waals surface area contributed by atoms with E-state index >= 15 is 0 Å². The molecular weight excluding hydrogens is 526 g/mol. The summed E-state index contributed by atoms with van der Waals surface area (Å²) in [6.45, 7) is 0.874. The van der Waals surface area contributed by atoms with E-state index in [2.05, 4.69) is 4.98 Å². The zero-order valence-corrected chi connectivity index (χ0v) is 23.5. The van der Waals surface area contributed by atoms with Gasteiger partial charge in [0.1, 0.15) is 0 Å². The lowest BCUT2D eigenvalue weighted by atomic mass is 9.94. The predicted molar refractivity (Wildman–Crippen MR) is 164 cm³/mol. The van der Waals surface area contributed by atoms with Crippen molar-refractivity contribution in [2.24, 2.45) is 0 Å². The molecule has 1 aromatic heterocycles. The van der Waals surface area contributed by atoms with Crippen molar-refractivity contribution in [3.63, 3.8) is 0 Å². The molecule has 0 radical (unpaired) electrons. The minimum absolute atomic E-state index is 0.0746. The molecule has 212 valence electrons. The SMILES string of the molecule is CN(Cc1ccccc1)C(=O)c1ccccc1-c1ccccc1C(=O)N(CCC(=O)O)CCc1c[nH]c2ccccc12. The van der Waals surface area contributed by atoms with Gasteiger partial charge in [-0.3, -0.25) is 14.4 Å². The van der Waals surface area contributed by atoms with E-state index in [1.54, 1.807) is 35.0 Å². The molecule has 5 rings (SSSR count). The first kappa shape index (κ1) is 28.4. The van der Waals surface area contributed by atoms with Gasteiger partial charge < -0.3 is 19.9 Å². The summed E-state index contributed by atoms with van der Waals surface area (Å²) in [4.78, 5) is 45.7. The molecule has 2 amide bonds. The number of carbonyl (C=O) groups is 3. The second kappa shape index (κ2) is 13.0. The van der Waals surface area contributed by atoms with Crippen LogP contribution >= 0.6 is 0 Å². The van der Waals surface area contributed by atoms with Crippen LogP contribution in [0.1, 0.15) is 38.3 Å². The van der Waals surface area contributed by atoms with Crippen LogP contribution < -0.4 is 0 Å². The van der Waals surface area contributed by atoms with Gasteiger partial charge in [-0.15, -0.1) is 0 Å². The van der Waals surface area contributed by atoms with Crippen LogP contribution in [0.4, 0.5) is 0 Å². The number of fused-ring (bicyclic) bond motifs is 1. The van der Waals surface area contributed by atoms with Crippen molar-refractivity contribution in [2.45, 2.75) is 19.4 Å². The Bertz CT molecular complexity index is 1710. The highest BCUT2D eigenvalue weighted by Gasteiger charge is 2.24. The molecule has 1 heterocycles. The summed E-state index contributed by atoms with van der Waals surface area (Å²) in [5.74, 6) is -1.39. The van der Waals surface area contributed by atoms with Crippen LogP contribution in [0.15, 0.2) is 109 Å². The van der Waals surface area contributed by atoms with Crippen molar-refractivity contribution in [2.75, 3.05) is 20.1 Å². The summed E-state index contributed by atoms with van der Waals surface area (Å²) < 4.78 is 0. The molecule has 0 saturated heterocycles. The molecule has 42 heavy (non-hydrogen) atoms. The number of H-pyrrole nitrogens is 1. The Morgan fingerprint density at radius 1 is 0.714 bits per heavy atom. The van der Waals surface area contributed by atoms with Crippen molar-refractivity contribution in [1.82, 2.24) is 14.8 Å². The van der Waals surface area contributed by atoms with Gasteiger partial charge in [-0.25, -0.2) is 0 Å². The third-order valence-electron chi connectivity index (χ3n) is 7.42. The number of carbonyl (C=O) groups excluding carboxylic acids is 2. The number of aliphatic carboxylic acids is 1. The molecule has 7 heteroatoms. The van der Waals surface area contributed by atoms with E-state index in [4.69, 9.17) is 0 Å². The van der Waals surface area contributed by atoms with Gasteiger partial charge in [0.15, 0.2) is 0 Å². The summed E-state index contributed by atoms with van der Waals surface area (Å²) in [5, 5.41) is 10.5. The first-order valence-corrected chi connectivity index (χ1v) is 14.0. The van der Waals surface area contributed by atoms with E-state index in [0.717, 1.165) is 22.0 Å². The molecule has 0 atom stereocenters. The lowest BCUT2D eigenvalue weighted by Gasteiger charge is -2.24. The molecule has 0 fully saturated rings. The number of para-hydroxylation sites is 1. The molecule has 4 aromatic carbocycles. The zero-order valence-electron chi connectivity index (χ0n) is 23.5. The Labute approximate surface area is 245 Å². The van der Waals surface area contributed by atoms with Crippen molar-refractivity contribution in [3.8, 4) is 11.1 Å². The van der Waals surface area contributed by atoms with E-state index in [1.807, 2.05) is 91.1 Å². The number of hydrogen-bond donors (Lipinski definition) is 2. The van der Waals surface area contributed by atoms with Gasteiger partial charge in [-0.05, 0) is 46.9 Å². The summed E-state index contributed by atoms with van der Waals surface area (Å²) in [7, 11) is 1.77. The van der Waals surface area contributed by atoms with Crippen LogP contribution in [0.3, 0.4) is 0 Å². The van der Waals surface area contributed by atoms with Crippen molar-refractivity contribution < 1.29 is 19.5 Å². The molecular formula is C35H33N3O4. The quantitative estimate of drug-likeness (QED) is 0.200. The topological polar surface area (TPSA) is 93.7 Å². The van der Waals surface area contributed by atoms with Crippen LogP contribution in [-0.4, -0.2) is 57.8 Å². The minimum atomic E-state index is -0.967. The second-order valence-electron chi connectivity index (χ2n) is 10.3. The standard InChI is InChI=1S/C35H33N3O4/c1-37(24-25-11-3-2-4-12-25)34(41)30-16-7-5-14-28(30)29-15-6-8-17-31(29)35(42)38(22-20-33(39)40)21-19-26-23-36-32-18-10-9-13-27(26)32/h2-18,23,36H,19-22,24H2,1H3,(H,39,40). The maximum Gasteiger partial charge on any atom is 0.305 e. The largest absolute Gasteiger partial charge is 0.481 e. The van der Waals surface area contributed by atoms with E-state index in [1.165, 1.54) is 0 Å². The molecule has 0 spiro atoms. The second-order valence-corrected chi connectivity index (χ2v) is 10.3. The van der Waals surface area contributed by atoms with Crippen LogP contribution in [0.2, 0.25) is 0 Å². The summed E-state index contributed by atoms with van der Waals surface area (Å²) in [6.07, 6.45) is 2.34. The first-order chi connectivity index (χ1) is 20.4. The Kier molecular flexibility index (Phi) is 8.78. The average molecular weight is 560 g/mol. The number of nitrogens with one attached hydrogen (secondary N) is 1. The Morgan fingerprint density at radius 2 is 1.31 bits per heavy atom. The van der Waals surface area contributed by atoms with Crippen molar-refractivity contribution in [1.29, 1.82) is 0 Å². The maximum atomic E-state index is 14.1. The van der Waals surface area contributed by atoms with Crippen LogP contribution in [0.5, 0.6) is 0 Å². The van der Waals surface area contributed by atoms with Crippen LogP contribution in [0.25, 0.3) is 22.0 Å². The first-order valence-electron chi connectivity index (χ1n) is 14.0. The molecule has 2 N–H and O–H groups in total. The third kappa shape index (κ3) is 6.41. The number of carboxylic acids is 1.